The number of hydrogen-bond acceptors (Lipinski definition) is 5. The molecule has 0 amide bonds. The van der Waals surface area contributed by atoms with Gasteiger partial charge in [-0.15, -0.1) is 12.4 Å². The van der Waals surface area contributed by atoms with E-state index >= 15 is 0 Å². The van der Waals surface area contributed by atoms with Gasteiger partial charge in [-0.3, -0.25) is 10.1 Å². The molecule has 0 radical (unpaired) electrons. The Bertz CT molecular complexity index is 658. The molecule has 2 unspecified atom stereocenters. The summed E-state index contributed by atoms with van der Waals surface area (Å²) in [6.45, 7) is 4.46. The minimum absolute atomic E-state index is 0. The summed E-state index contributed by atoms with van der Waals surface area (Å²) in [6.07, 6.45) is 0. The van der Waals surface area contributed by atoms with Crippen molar-refractivity contribution in [2.75, 3.05) is 13.1 Å². The number of nitrogens with zero attached hydrogens (tertiary/aromatic N) is 2. The molecular formula is C12H17Cl2N3O4S. The Balaban J connectivity index is 0.00000242. The molecule has 0 spiro atoms. The van der Waals surface area contributed by atoms with Crippen LogP contribution in [0.3, 0.4) is 0 Å². The topological polar surface area (TPSA) is 92.5 Å². The second-order valence-corrected chi connectivity index (χ2v) is 7.48. The van der Waals surface area contributed by atoms with Gasteiger partial charge in [0.05, 0.1) is 9.95 Å². The predicted octanol–water partition coefficient (Wildman–Crippen LogP) is 2.04. The Morgan fingerprint density at radius 2 is 1.86 bits per heavy atom. The second-order valence-electron chi connectivity index (χ2n) is 5.16. The van der Waals surface area contributed by atoms with Crippen molar-refractivity contribution in [3.05, 3.63) is 33.3 Å². The third-order valence-electron chi connectivity index (χ3n) is 3.27. The monoisotopic (exact) mass is 369 g/mol. The van der Waals surface area contributed by atoms with Crippen molar-refractivity contribution in [1.82, 2.24) is 9.62 Å². The van der Waals surface area contributed by atoms with Gasteiger partial charge in [-0.25, -0.2) is 8.42 Å². The van der Waals surface area contributed by atoms with Gasteiger partial charge in [0.25, 0.3) is 5.69 Å². The normalized spacial score (nSPS) is 22.9. The van der Waals surface area contributed by atoms with Gasteiger partial charge >= 0.3 is 0 Å². The van der Waals surface area contributed by atoms with Crippen molar-refractivity contribution in [2.24, 2.45) is 0 Å². The SMILES string of the molecule is CC1CN(S(=O)(=O)c2ccc([N+](=O)[O-])cc2Cl)CC(C)N1.Cl. The van der Waals surface area contributed by atoms with Crippen molar-refractivity contribution in [3.8, 4) is 0 Å². The van der Waals surface area contributed by atoms with E-state index in [9.17, 15) is 18.5 Å². The summed E-state index contributed by atoms with van der Waals surface area (Å²) in [5.41, 5.74) is -0.235. The number of nitro benzene ring substituents is 1. The molecule has 1 heterocycles. The highest BCUT2D eigenvalue weighted by Gasteiger charge is 2.33. The van der Waals surface area contributed by atoms with Crippen LogP contribution in [0.25, 0.3) is 0 Å². The smallest absolute Gasteiger partial charge is 0.271 e. The molecule has 0 saturated carbocycles. The van der Waals surface area contributed by atoms with Crippen LogP contribution in [0, 0.1) is 10.1 Å². The van der Waals surface area contributed by atoms with Crippen LogP contribution in [0.2, 0.25) is 5.02 Å². The molecule has 1 fully saturated rings. The number of benzene rings is 1. The first-order valence-electron chi connectivity index (χ1n) is 6.42. The number of nitro groups is 1. The van der Waals surface area contributed by atoms with E-state index in [1.165, 1.54) is 10.4 Å². The van der Waals surface area contributed by atoms with Gasteiger partial charge in [-0.1, -0.05) is 11.6 Å². The quantitative estimate of drug-likeness (QED) is 0.649. The second kappa shape index (κ2) is 7.10. The molecule has 1 aliphatic rings. The third kappa shape index (κ3) is 3.88. The van der Waals surface area contributed by atoms with Crippen molar-refractivity contribution < 1.29 is 13.3 Å². The van der Waals surface area contributed by atoms with Crippen molar-refractivity contribution >= 4 is 39.7 Å². The van der Waals surface area contributed by atoms with Crippen LogP contribution in [-0.4, -0.2) is 42.8 Å². The standard InChI is InChI=1S/C12H16ClN3O4S.ClH/c1-8-6-15(7-9(2)14-8)21(19,20)12-4-3-10(16(17)18)5-11(12)13;/h3-5,8-9,14H,6-7H2,1-2H3;1H. The largest absolute Gasteiger partial charge is 0.309 e. The Morgan fingerprint density at radius 3 is 2.32 bits per heavy atom. The van der Waals surface area contributed by atoms with E-state index in [0.717, 1.165) is 12.1 Å². The summed E-state index contributed by atoms with van der Waals surface area (Å²) in [4.78, 5) is 9.97. The summed E-state index contributed by atoms with van der Waals surface area (Å²) in [5.74, 6) is 0. The minimum atomic E-state index is -3.76. The first-order chi connectivity index (χ1) is 9.71. The van der Waals surface area contributed by atoms with E-state index in [2.05, 4.69) is 5.32 Å². The van der Waals surface area contributed by atoms with Gasteiger partial charge in [-0.05, 0) is 19.9 Å². The summed E-state index contributed by atoms with van der Waals surface area (Å²) >= 11 is 5.92. The summed E-state index contributed by atoms with van der Waals surface area (Å²) in [5, 5.41) is 13.8. The van der Waals surface area contributed by atoms with Gasteiger partial charge in [0.1, 0.15) is 4.90 Å². The molecule has 1 aromatic rings. The van der Waals surface area contributed by atoms with Gasteiger partial charge in [0, 0.05) is 37.3 Å². The molecule has 124 valence electrons. The minimum Gasteiger partial charge on any atom is -0.309 e. The van der Waals surface area contributed by atoms with Crippen molar-refractivity contribution in [1.29, 1.82) is 0 Å². The zero-order valence-electron chi connectivity index (χ0n) is 12.0. The molecule has 1 aromatic carbocycles. The van der Waals surface area contributed by atoms with E-state index in [0.29, 0.717) is 13.1 Å². The first-order valence-corrected chi connectivity index (χ1v) is 8.23. The number of sulfonamides is 1. The van der Waals surface area contributed by atoms with E-state index in [1.54, 1.807) is 0 Å². The lowest BCUT2D eigenvalue weighted by molar-refractivity contribution is -0.384. The Hall–Kier alpha value is -0.930. The number of piperazine rings is 1. The molecule has 0 bridgehead atoms. The molecule has 0 aliphatic carbocycles. The molecule has 0 aromatic heterocycles. The molecule has 1 aliphatic heterocycles. The van der Waals surface area contributed by atoms with E-state index in [4.69, 9.17) is 11.6 Å². The molecule has 2 atom stereocenters. The Labute approximate surface area is 140 Å². The van der Waals surface area contributed by atoms with Crippen molar-refractivity contribution in [2.45, 2.75) is 30.8 Å². The predicted molar refractivity (Wildman–Crippen MR) is 86.2 cm³/mol. The lowest BCUT2D eigenvalue weighted by Crippen LogP contribution is -2.55. The van der Waals surface area contributed by atoms with Crippen LogP contribution in [0.1, 0.15) is 13.8 Å². The van der Waals surface area contributed by atoms with Gasteiger partial charge in [0.15, 0.2) is 0 Å². The summed E-state index contributed by atoms with van der Waals surface area (Å²) in [6, 6.07) is 3.45. The van der Waals surface area contributed by atoms with Crippen LogP contribution in [0.4, 0.5) is 5.69 Å². The van der Waals surface area contributed by atoms with Crippen LogP contribution >= 0.6 is 24.0 Å². The number of nitrogens with one attached hydrogen (secondary N) is 1. The van der Waals surface area contributed by atoms with Gasteiger partial charge in [0.2, 0.25) is 10.0 Å². The van der Waals surface area contributed by atoms with Gasteiger partial charge < -0.3 is 5.32 Å². The Morgan fingerprint density at radius 1 is 1.32 bits per heavy atom. The molecule has 7 nitrogen and oxygen atoms in total. The molecule has 10 heteroatoms. The zero-order valence-corrected chi connectivity index (χ0v) is 14.4. The summed E-state index contributed by atoms with van der Waals surface area (Å²) in [7, 11) is -3.76. The average Bonchev–Trinajstić information content (AvgIpc) is 2.36. The molecular weight excluding hydrogens is 353 g/mol. The fourth-order valence-corrected chi connectivity index (χ4v) is 4.55. The maximum atomic E-state index is 12.6. The highest BCUT2D eigenvalue weighted by Crippen LogP contribution is 2.29. The highest BCUT2D eigenvalue weighted by molar-refractivity contribution is 7.89. The van der Waals surface area contributed by atoms with Gasteiger partial charge in [-0.2, -0.15) is 4.31 Å². The lowest BCUT2D eigenvalue weighted by Gasteiger charge is -2.35. The fraction of sp³-hybridized carbons (Fsp3) is 0.500. The maximum Gasteiger partial charge on any atom is 0.271 e. The lowest BCUT2D eigenvalue weighted by atomic mass is 10.2. The van der Waals surface area contributed by atoms with E-state index in [1.807, 2.05) is 13.8 Å². The van der Waals surface area contributed by atoms with E-state index < -0.39 is 14.9 Å². The Kier molecular flexibility index (Phi) is 6.17. The third-order valence-corrected chi connectivity index (χ3v) is 5.58. The van der Waals surface area contributed by atoms with Crippen LogP contribution in [0.5, 0.6) is 0 Å². The molecule has 2 rings (SSSR count). The first kappa shape index (κ1) is 19.1. The van der Waals surface area contributed by atoms with Crippen molar-refractivity contribution in [3.63, 3.8) is 0 Å². The highest BCUT2D eigenvalue weighted by atomic mass is 35.5. The molecule has 22 heavy (non-hydrogen) atoms. The fourth-order valence-electron chi connectivity index (χ4n) is 2.42. The zero-order chi connectivity index (χ0) is 15.8. The number of hydrogen-bond donors (Lipinski definition) is 1. The van der Waals surface area contributed by atoms with Crippen LogP contribution < -0.4 is 5.32 Å². The maximum absolute atomic E-state index is 12.6. The van der Waals surface area contributed by atoms with Crippen LogP contribution in [-0.2, 0) is 10.0 Å². The van der Waals surface area contributed by atoms with Crippen LogP contribution in [0.15, 0.2) is 23.1 Å². The number of rotatable bonds is 3. The number of non-ortho nitro benzene ring substituents is 1. The molecule has 1 saturated heterocycles. The molecule has 1 N–H and O–H groups in total. The average molecular weight is 370 g/mol. The van der Waals surface area contributed by atoms with E-state index in [-0.39, 0.29) is 40.1 Å². The number of halogens is 2. The summed E-state index contributed by atoms with van der Waals surface area (Å²) < 4.78 is 26.6.